The highest BCUT2D eigenvalue weighted by Gasteiger charge is 2.44. The van der Waals surface area contributed by atoms with E-state index in [0.29, 0.717) is 23.6 Å². The summed E-state index contributed by atoms with van der Waals surface area (Å²) in [5.41, 5.74) is 9.65. The van der Waals surface area contributed by atoms with Crippen LogP contribution < -0.4 is 16.0 Å². The summed E-state index contributed by atoms with van der Waals surface area (Å²) < 4.78 is 7.29. The number of likely N-dealkylation sites (tertiary alicyclic amines) is 1. The fourth-order valence-corrected chi connectivity index (χ4v) is 11.4. The van der Waals surface area contributed by atoms with Crippen molar-refractivity contribution in [3.63, 3.8) is 0 Å². The minimum absolute atomic E-state index is 0.00520. The van der Waals surface area contributed by atoms with E-state index in [4.69, 9.17) is 9.51 Å². The number of amides is 3. The highest BCUT2D eigenvalue weighted by atomic mass is 32.1. The van der Waals surface area contributed by atoms with Gasteiger partial charge in [0.2, 0.25) is 17.7 Å². The van der Waals surface area contributed by atoms with E-state index in [2.05, 4.69) is 47.5 Å². The number of aromatic nitrogens is 7. The van der Waals surface area contributed by atoms with Crippen LogP contribution in [0.2, 0.25) is 0 Å². The number of aliphatic hydroxyl groups is 1. The topological polar surface area (TPSA) is 229 Å². The molecule has 6 aromatic heterocycles. The maximum atomic E-state index is 14.3. The number of benzene rings is 1. The van der Waals surface area contributed by atoms with Crippen molar-refractivity contribution in [2.45, 2.75) is 96.2 Å². The molecule has 7 heterocycles. The van der Waals surface area contributed by atoms with Crippen LogP contribution in [0.15, 0.2) is 77.0 Å². The van der Waals surface area contributed by atoms with Gasteiger partial charge in [-0.1, -0.05) is 54.6 Å². The van der Waals surface area contributed by atoms with E-state index in [1.54, 1.807) is 58.0 Å². The Kier molecular flexibility index (Phi) is 13.9. The van der Waals surface area contributed by atoms with Crippen molar-refractivity contribution in [2.24, 2.45) is 11.8 Å². The average molecular weight is 967 g/mol. The molecule has 9 rings (SSSR count). The van der Waals surface area contributed by atoms with Gasteiger partial charge in [-0.05, 0) is 86.8 Å². The zero-order chi connectivity index (χ0) is 48.3. The van der Waals surface area contributed by atoms with Crippen molar-refractivity contribution in [3.8, 4) is 38.5 Å². The molecule has 3 amide bonds. The Morgan fingerprint density at radius 2 is 1.80 bits per heavy atom. The van der Waals surface area contributed by atoms with Crippen molar-refractivity contribution in [3.05, 3.63) is 106 Å². The third kappa shape index (κ3) is 10.1. The van der Waals surface area contributed by atoms with Gasteiger partial charge in [-0.15, -0.1) is 21.5 Å². The summed E-state index contributed by atoms with van der Waals surface area (Å²) in [6.45, 7) is 8.07. The zero-order valence-corrected chi connectivity index (χ0v) is 40.7. The Labute approximate surface area is 407 Å². The number of fused-ring (bicyclic) bond motifs is 1. The molecule has 1 aliphatic carbocycles. The first-order valence-electron chi connectivity index (χ1n) is 23.3. The maximum Gasteiger partial charge on any atom is 0.243 e. The van der Waals surface area contributed by atoms with E-state index < -0.39 is 30.0 Å². The number of carbonyl (C=O) groups is 3. The molecule has 19 heteroatoms. The molecule has 17 nitrogen and oxygen atoms in total. The van der Waals surface area contributed by atoms with E-state index in [1.807, 2.05) is 76.5 Å². The normalized spacial score (nSPS) is 19.1. The lowest BCUT2D eigenvalue weighted by molar-refractivity contribution is -0.141. The lowest BCUT2D eigenvalue weighted by Crippen LogP contribution is -2.49. The number of hydrogen-bond donors (Lipinski definition) is 4. The molecular formula is C50H54N12O5S2. The standard InChI is InChI=1S/C50H54N12O5S2/c1-27(2)45(43-16-28(3)60-67-43)50(66)61-25-36(63)18-42(61)47(65)57-38(32-10-12-33(13-11-32)46-29(4)55-26-68-46)20-44(64)54-22-30-6-8-34(9-7-30)48-58-59-49(69-48)37-24-53-40(19-39(37)52-5)41-15-14-35-17-31(21-51)23-56-62(35)41/h10-17,19,23-24,26-27,30,34,36,38,42,45,63H,6-9,18,20,22,25H2,1-5H3,(H,52,53)(H,54,64)(H,57,65)/t30?,34?,36?,38-,42?,45?/m0/s1. The van der Waals surface area contributed by atoms with E-state index in [9.17, 15) is 24.8 Å². The van der Waals surface area contributed by atoms with E-state index in [-0.39, 0.29) is 49.0 Å². The SMILES string of the molecule is CNc1cc(-c2ccc3cc(C#N)cnn23)ncc1-c1nnc(C2CCC(CNC(=O)C[C@H](NC(=O)C3CC(O)CN3C(=O)C(c3cc(C)no3)C(C)C)c3ccc(-c4scnc4C)cc3)CC2)s1. The van der Waals surface area contributed by atoms with Gasteiger partial charge >= 0.3 is 0 Å². The van der Waals surface area contributed by atoms with Gasteiger partial charge in [0.05, 0.1) is 74.6 Å². The number of carbonyl (C=O) groups excluding carboxylic acids is 3. The number of anilines is 1. The summed E-state index contributed by atoms with van der Waals surface area (Å²) in [6, 6.07) is 17.6. The van der Waals surface area contributed by atoms with E-state index in [0.717, 1.165) is 85.6 Å². The molecule has 3 unspecified atom stereocenters. The van der Waals surface area contributed by atoms with Gasteiger partial charge in [-0.3, -0.25) is 19.4 Å². The summed E-state index contributed by atoms with van der Waals surface area (Å²) in [5, 5.41) is 49.1. The highest BCUT2D eigenvalue weighted by Crippen LogP contribution is 2.41. The van der Waals surface area contributed by atoms with Gasteiger partial charge < -0.3 is 30.5 Å². The number of thiazole rings is 1. The number of aryl methyl sites for hydroxylation is 2. The molecule has 0 radical (unpaired) electrons. The van der Waals surface area contributed by atoms with Gasteiger partial charge in [-0.25, -0.2) is 9.50 Å². The van der Waals surface area contributed by atoms with Gasteiger partial charge in [-0.2, -0.15) is 10.4 Å². The van der Waals surface area contributed by atoms with Crippen LogP contribution in [0.25, 0.3) is 37.9 Å². The van der Waals surface area contributed by atoms with Crippen LogP contribution in [0.4, 0.5) is 5.69 Å². The molecule has 4 atom stereocenters. The molecule has 1 saturated heterocycles. The first kappa shape index (κ1) is 47.2. The second-order valence-electron chi connectivity index (χ2n) is 18.4. The number of pyridine rings is 1. The van der Waals surface area contributed by atoms with Crippen LogP contribution in [-0.2, 0) is 14.4 Å². The van der Waals surface area contributed by atoms with Crippen LogP contribution in [0.3, 0.4) is 0 Å². The third-order valence-corrected chi connectivity index (χ3v) is 15.4. The van der Waals surface area contributed by atoms with Crippen LogP contribution in [0, 0.1) is 37.0 Å². The number of aliphatic hydroxyl groups excluding tert-OH is 1. The number of nitrogens with one attached hydrogen (secondary N) is 3. The lowest BCUT2D eigenvalue weighted by Gasteiger charge is -2.30. The summed E-state index contributed by atoms with van der Waals surface area (Å²) in [6.07, 6.45) is 6.15. The van der Waals surface area contributed by atoms with Gasteiger partial charge in [0.25, 0.3) is 0 Å². The molecule has 4 N–H and O–H groups in total. The van der Waals surface area contributed by atoms with E-state index in [1.165, 1.54) is 4.90 Å². The molecular weight excluding hydrogens is 913 g/mol. The predicted molar refractivity (Wildman–Crippen MR) is 262 cm³/mol. The first-order valence-corrected chi connectivity index (χ1v) is 25.0. The van der Waals surface area contributed by atoms with Gasteiger partial charge in [0, 0.05) is 50.4 Å². The van der Waals surface area contributed by atoms with Crippen molar-refractivity contribution >= 4 is 51.6 Å². The van der Waals surface area contributed by atoms with Crippen molar-refractivity contribution < 1.29 is 24.0 Å². The molecule has 1 saturated carbocycles. The Balaban J connectivity index is 0.835. The van der Waals surface area contributed by atoms with Crippen LogP contribution in [0.5, 0.6) is 0 Å². The monoisotopic (exact) mass is 966 g/mol. The van der Waals surface area contributed by atoms with E-state index >= 15 is 0 Å². The Hall–Kier alpha value is -6.88. The first-order chi connectivity index (χ1) is 33.4. The van der Waals surface area contributed by atoms with Gasteiger partial charge in [0.1, 0.15) is 28.8 Å². The fraction of sp³-hybridized carbons (Fsp3) is 0.400. The molecule has 1 aliphatic heterocycles. The summed E-state index contributed by atoms with van der Waals surface area (Å²) in [5.74, 6) is -0.868. The fourth-order valence-electron chi connectivity index (χ4n) is 9.58. The minimum atomic E-state index is -0.945. The van der Waals surface area contributed by atoms with Crippen LogP contribution >= 0.6 is 22.7 Å². The molecule has 0 bridgehead atoms. The molecule has 2 fully saturated rings. The number of hydrogen-bond acceptors (Lipinski definition) is 15. The molecule has 69 heavy (non-hydrogen) atoms. The number of rotatable bonds is 15. The minimum Gasteiger partial charge on any atom is -0.391 e. The Morgan fingerprint density at radius 1 is 1.00 bits per heavy atom. The molecule has 356 valence electrons. The Morgan fingerprint density at radius 3 is 2.49 bits per heavy atom. The largest absolute Gasteiger partial charge is 0.391 e. The number of nitrogens with zero attached hydrogens (tertiary/aromatic N) is 9. The maximum absolute atomic E-state index is 14.3. The van der Waals surface area contributed by atoms with Crippen molar-refractivity contribution in [1.82, 2.24) is 50.5 Å². The molecule has 0 spiro atoms. The lowest BCUT2D eigenvalue weighted by atomic mass is 9.82. The second-order valence-corrected chi connectivity index (χ2v) is 20.2. The second kappa shape index (κ2) is 20.4. The molecule has 1 aromatic carbocycles. The summed E-state index contributed by atoms with van der Waals surface area (Å²) in [7, 11) is 1.86. The van der Waals surface area contributed by atoms with Crippen molar-refractivity contribution in [2.75, 3.05) is 25.5 Å². The van der Waals surface area contributed by atoms with Crippen molar-refractivity contribution in [1.29, 1.82) is 5.26 Å². The smallest absolute Gasteiger partial charge is 0.243 e. The predicted octanol–water partition coefficient (Wildman–Crippen LogP) is 7.60. The molecule has 7 aromatic rings. The zero-order valence-electron chi connectivity index (χ0n) is 39.0. The molecule has 2 aliphatic rings. The third-order valence-electron chi connectivity index (χ3n) is 13.3. The number of nitriles is 1. The average Bonchev–Trinajstić information content (AvgIpc) is 4.23. The quantitative estimate of drug-likeness (QED) is 0.0777. The summed E-state index contributed by atoms with van der Waals surface area (Å²) >= 11 is 3.12. The Bertz CT molecular complexity index is 3020. The van der Waals surface area contributed by atoms with Crippen LogP contribution in [0.1, 0.15) is 104 Å². The van der Waals surface area contributed by atoms with Crippen LogP contribution in [-0.4, -0.2) is 94.9 Å². The van der Waals surface area contributed by atoms with Gasteiger partial charge in [0.15, 0.2) is 5.01 Å². The highest BCUT2D eigenvalue weighted by molar-refractivity contribution is 7.14. The number of β-amino-alcohol motifs (C(OH)–C–C–N with tert-alkyl or cyclic N) is 1. The summed E-state index contributed by atoms with van der Waals surface area (Å²) in [4.78, 5) is 53.9.